The second-order valence-electron chi connectivity index (χ2n) is 6.46. The molecular weight excluding hydrogens is 355 g/mol. The Morgan fingerprint density at radius 2 is 2.15 bits per heavy atom. The van der Waals surface area contributed by atoms with Crippen molar-refractivity contribution in [2.75, 3.05) is 5.43 Å². The molecule has 8 heteroatoms. The predicted octanol–water partition coefficient (Wildman–Crippen LogP) is 2.76. The maximum absolute atomic E-state index is 13.5. The van der Waals surface area contributed by atoms with Crippen molar-refractivity contribution < 1.29 is 4.39 Å². The highest BCUT2D eigenvalue weighted by Crippen LogP contribution is 2.31. The summed E-state index contributed by atoms with van der Waals surface area (Å²) in [4.78, 5) is 24.3. The Kier molecular flexibility index (Phi) is 4.20. The van der Waals surface area contributed by atoms with Gasteiger partial charge >= 0.3 is 5.69 Å². The summed E-state index contributed by atoms with van der Waals surface area (Å²) in [6, 6.07) is 5.99. The molecule has 0 amide bonds. The monoisotopic (exact) mass is 372 g/mol. The van der Waals surface area contributed by atoms with E-state index in [4.69, 9.17) is 0 Å². The van der Waals surface area contributed by atoms with Crippen molar-refractivity contribution in [2.45, 2.75) is 19.4 Å². The van der Waals surface area contributed by atoms with E-state index in [9.17, 15) is 14.0 Å². The van der Waals surface area contributed by atoms with Crippen LogP contribution in [0.4, 0.5) is 10.2 Å². The van der Waals surface area contributed by atoms with Crippen LogP contribution in [0.15, 0.2) is 44.3 Å². The SMILES string of the molecule is Cn1c(=O)cc(NN=Cc2csc3ccc(F)cc23)n(CC2CC2)c1=O. The van der Waals surface area contributed by atoms with Gasteiger partial charge in [-0.1, -0.05) is 0 Å². The first kappa shape index (κ1) is 16.7. The van der Waals surface area contributed by atoms with Gasteiger partial charge in [0.15, 0.2) is 0 Å². The van der Waals surface area contributed by atoms with E-state index in [2.05, 4.69) is 10.5 Å². The minimum Gasteiger partial charge on any atom is -0.278 e. The Hall–Kier alpha value is -2.74. The number of hydrogen-bond donors (Lipinski definition) is 1. The van der Waals surface area contributed by atoms with Gasteiger partial charge in [0.25, 0.3) is 5.56 Å². The number of aromatic nitrogens is 2. The molecule has 0 unspecified atom stereocenters. The molecular formula is C18H17FN4O2S. The number of anilines is 1. The van der Waals surface area contributed by atoms with Gasteiger partial charge in [-0.3, -0.25) is 19.4 Å². The van der Waals surface area contributed by atoms with Gasteiger partial charge in [0.2, 0.25) is 0 Å². The van der Waals surface area contributed by atoms with Crippen molar-refractivity contribution in [3.8, 4) is 0 Å². The third-order valence-electron chi connectivity index (χ3n) is 4.49. The Balaban J connectivity index is 1.64. The van der Waals surface area contributed by atoms with Crippen LogP contribution in [0.3, 0.4) is 0 Å². The van der Waals surface area contributed by atoms with Gasteiger partial charge in [-0.2, -0.15) is 5.10 Å². The average molecular weight is 372 g/mol. The van der Waals surface area contributed by atoms with Crippen LogP contribution >= 0.6 is 11.3 Å². The van der Waals surface area contributed by atoms with E-state index >= 15 is 0 Å². The molecule has 1 aromatic carbocycles. The highest BCUT2D eigenvalue weighted by Gasteiger charge is 2.24. The van der Waals surface area contributed by atoms with E-state index in [-0.39, 0.29) is 17.1 Å². The summed E-state index contributed by atoms with van der Waals surface area (Å²) in [5.74, 6) is 0.536. The molecule has 4 rings (SSSR count). The summed E-state index contributed by atoms with van der Waals surface area (Å²) in [5.41, 5.74) is 2.84. The second kappa shape index (κ2) is 6.53. The molecule has 0 spiro atoms. The first-order valence-corrected chi connectivity index (χ1v) is 9.17. The van der Waals surface area contributed by atoms with Crippen molar-refractivity contribution in [1.82, 2.24) is 9.13 Å². The van der Waals surface area contributed by atoms with Crippen molar-refractivity contribution in [1.29, 1.82) is 0 Å². The lowest BCUT2D eigenvalue weighted by molar-refractivity contribution is 0.564. The standard InChI is InChI=1S/C18H17FN4O2S/c1-22-17(24)7-16(23(18(22)25)9-11-2-3-11)21-20-8-12-10-26-15-5-4-13(19)6-14(12)15/h4-8,10-11,21H,2-3,9H2,1H3. The zero-order valence-electron chi connectivity index (χ0n) is 14.1. The third kappa shape index (κ3) is 3.20. The first-order valence-electron chi connectivity index (χ1n) is 8.29. The maximum Gasteiger partial charge on any atom is 0.332 e. The van der Waals surface area contributed by atoms with Crippen LogP contribution in [0, 0.1) is 11.7 Å². The van der Waals surface area contributed by atoms with E-state index in [0.717, 1.165) is 33.1 Å². The molecule has 0 radical (unpaired) electrons. The Morgan fingerprint density at radius 3 is 2.92 bits per heavy atom. The van der Waals surface area contributed by atoms with Crippen molar-refractivity contribution >= 4 is 33.5 Å². The Labute approximate surface area is 152 Å². The normalized spacial score (nSPS) is 14.4. The molecule has 2 heterocycles. The molecule has 26 heavy (non-hydrogen) atoms. The predicted molar refractivity (Wildman–Crippen MR) is 102 cm³/mol. The summed E-state index contributed by atoms with van der Waals surface area (Å²) < 4.78 is 17.1. The van der Waals surface area contributed by atoms with E-state index < -0.39 is 0 Å². The molecule has 0 aliphatic heterocycles. The lowest BCUT2D eigenvalue weighted by Gasteiger charge is -2.12. The quantitative estimate of drug-likeness (QED) is 0.553. The number of halogens is 1. The fourth-order valence-electron chi connectivity index (χ4n) is 2.79. The summed E-state index contributed by atoms with van der Waals surface area (Å²) in [5, 5.41) is 6.83. The molecule has 0 atom stereocenters. The summed E-state index contributed by atoms with van der Waals surface area (Å²) in [7, 11) is 1.47. The molecule has 1 saturated carbocycles. The number of hydrogen-bond acceptors (Lipinski definition) is 5. The van der Waals surface area contributed by atoms with Gasteiger partial charge in [0.1, 0.15) is 11.6 Å². The smallest absolute Gasteiger partial charge is 0.278 e. The topological polar surface area (TPSA) is 68.4 Å². The molecule has 0 saturated heterocycles. The van der Waals surface area contributed by atoms with E-state index in [1.807, 2.05) is 5.38 Å². The Bertz CT molecular complexity index is 1120. The van der Waals surface area contributed by atoms with Gasteiger partial charge in [-0.05, 0) is 37.0 Å². The highest BCUT2D eigenvalue weighted by atomic mass is 32.1. The molecule has 1 aliphatic rings. The lowest BCUT2D eigenvalue weighted by Crippen LogP contribution is -2.38. The van der Waals surface area contributed by atoms with Gasteiger partial charge in [0, 0.05) is 40.7 Å². The fourth-order valence-corrected chi connectivity index (χ4v) is 3.68. The van der Waals surface area contributed by atoms with Crippen LogP contribution in [0.5, 0.6) is 0 Å². The Morgan fingerprint density at radius 1 is 1.35 bits per heavy atom. The largest absolute Gasteiger partial charge is 0.332 e. The maximum atomic E-state index is 13.5. The average Bonchev–Trinajstić information content (AvgIpc) is 3.36. The number of thiophene rings is 1. The number of fused-ring (bicyclic) bond motifs is 1. The van der Waals surface area contributed by atoms with E-state index in [1.165, 1.54) is 36.6 Å². The van der Waals surface area contributed by atoms with E-state index in [0.29, 0.717) is 18.3 Å². The number of benzene rings is 1. The van der Waals surface area contributed by atoms with Gasteiger partial charge in [-0.15, -0.1) is 11.3 Å². The molecule has 0 bridgehead atoms. The second-order valence-corrected chi connectivity index (χ2v) is 7.38. The van der Waals surface area contributed by atoms with E-state index in [1.54, 1.807) is 16.8 Å². The number of rotatable bonds is 5. The third-order valence-corrected chi connectivity index (χ3v) is 5.47. The van der Waals surface area contributed by atoms with Crippen LogP contribution in [0.2, 0.25) is 0 Å². The zero-order valence-corrected chi connectivity index (χ0v) is 14.9. The summed E-state index contributed by atoms with van der Waals surface area (Å²) in [6.07, 6.45) is 3.75. The molecule has 1 aliphatic carbocycles. The lowest BCUT2D eigenvalue weighted by atomic mass is 10.2. The highest BCUT2D eigenvalue weighted by molar-refractivity contribution is 7.17. The number of hydrazone groups is 1. The molecule has 134 valence electrons. The molecule has 6 nitrogen and oxygen atoms in total. The van der Waals surface area contributed by atoms with Gasteiger partial charge < -0.3 is 0 Å². The van der Waals surface area contributed by atoms with Gasteiger partial charge in [-0.25, -0.2) is 9.18 Å². The van der Waals surface area contributed by atoms with Crippen LogP contribution in [0.25, 0.3) is 10.1 Å². The van der Waals surface area contributed by atoms with Crippen molar-refractivity contribution in [3.63, 3.8) is 0 Å². The van der Waals surface area contributed by atoms with Gasteiger partial charge in [0.05, 0.1) is 6.21 Å². The fraction of sp³-hybridized carbons (Fsp3) is 0.278. The van der Waals surface area contributed by atoms with Crippen LogP contribution in [0.1, 0.15) is 18.4 Å². The summed E-state index contributed by atoms with van der Waals surface area (Å²) in [6.45, 7) is 0.567. The minimum absolute atomic E-state index is 0.302. The number of nitrogens with zero attached hydrogens (tertiary/aromatic N) is 3. The minimum atomic E-state index is -0.386. The molecule has 1 N–H and O–H groups in total. The molecule has 3 aromatic rings. The number of nitrogens with one attached hydrogen (secondary N) is 1. The van der Waals surface area contributed by atoms with Crippen molar-refractivity contribution in [3.05, 3.63) is 61.9 Å². The molecule has 2 aromatic heterocycles. The van der Waals surface area contributed by atoms with Crippen molar-refractivity contribution in [2.24, 2.45) is 18.1 Å². The zero-order chi connectivity index (χ0) is 18.3. The molecule has 1 fully saturated rings. The van der Waals surface area contributed by atoms with Crippen LogP contribution in [-0.4, -0.2) is 15.3 Å². The van der Waals surface area contributed by atoms with Crippen LogP contribution in [-0.2, 0) is 13.6 Å². The first-order chi connectivity index (χ1) is 12.5. The van der Waals surface area contributed by atoms with Crippen LogP contribution < -0.4 is 16.7 Å². The summed E-state index contributed by atoms with van der Waals surface area (Å²) >= 11 is 1.50.